The molecule has 2 heteroatoms. The summed E-state index contributed by atoms with van der Waals surface area (Å²) in [4.78, 5) is 4.65. The predicted octanol–water partition coefficient (Wildman–Crippen LogP) is 2.97. The molecule has 1 saturated carbocycles. The molecule has 0 radical (unpaired) electrons. The van der Waals surface area contributed by atoms with Crippen molar-refractivity contribution in [2.75, 3.05) is 0 Å². The first-order chi connectivity index (χ1) is 6.20. The van der Waals surface area contributed by atoms with Gasteiger partial charge in [-0.2, -0.15) is 0 Å². The molecule has 0 saturated heterocycles. The van der Waals surface area contributed by atoms with E-state index in [4.69, 9.17) is 5.73 Å². The van der Waals surface area contributed by atoms with E-state index in [0.29, 0.717) is 11.3 Å². The summed E-state index contributed by atoms with van der Waals surface area (Å²) in [5.74, 6) is 1.47. The highest BCUT2D eigenvalue weighted by Crippen LogP contribution is 2.33. The maximum absolute atomic E-state index is 5.93. The zero-order valence-corrected chi connectivity index (χ0v) is 10.2. The van der Waals surface area contributed by atoms with E-state index in [-0.39, 0.29) is 5.54 Å². The van der Waals surface area contributed by atoms with Crippen molar-refractivity contribution in [1.82, 2.24) is 0 Å². The summed E-state index contributed by atoms with van der Waals surface area (Å²) in [6, 6.07) is 0. The lowest BCUT2D eigenvalue weighted by Gasteiger charge is -2.29. The Bertz CT molecular complexity index is 229. The smallest absolute Gasteiger partial charge is 0.0975 e. The number of hydrogen-bond acceptors (Lipinski definition) is 1. The van der Waals surface area contributed by atoms with Crippen molar-refractivity contribution in [3.05, 3.63) is 0 Å². The molecule has 0 unspecified atom stereocenters. The molecule has 2 N–H and O–H groups in total. The van der Waals surface area contributed by atoms with Gasteiger partial charge in [-0.05, 0) is 38.5 Å². The molecule has 0 aliphatic heterocycles. The van der Waals surface area contributed by atoms with Crippen molar-refractivity contribution >= 4 is 5.84 Å². The molecule has 0 spiro atoms. The molecule has 1 rings (SSSR count). The largest absolute Gasteiger partial charge is 0.387 e. The van der Waals surface area contributed by atoms with Crippen molar-refractivity contribution in [3.8, 4) is 0 Å². The van der Waals surface area contributed by atoms with Crippen LogP contribution >= 0.6 is 0 Å². The average Bonchev–Trinajstić information content (AvgIpc) is 2.57. The van der Waals surface area contributed by atoms with Crippen LogP contribution in [0, 0.1) is 11.3 Å². The van der Waals surface area contributed by atoms with Crippen LogP contribution < -0.4 is 5.73 Å². The number of aliphatic imine (C=N–C) groups is 1. The summed E-state index contributed by atoms with van der Waals surface area (Å²) in [6.45, 7) is 11.1. The van der Waals surface area contributed by atoms with Crippen molar-refractivity contribution in [3.63, 3.8) is 0 Å². The van der Waals surface area contributed by atoms with Crippen LogP contribution in [0.25, 0.3) is 0 Å². The SMILES string of the molecule is CC(C)(C)CC(C)(C)N=C(N)C1CC1. The molecule has 0 aromatic carbocycles. The lowest BCUT2D eigenvalue weighted by atomic mass is 9.82. The Morgan fingerprint density at radius 2 is 1.71 bits per heavy atom. The van der Waals surface area contributed by atoms with Crippen LogP contribution in [0.4, 0.5) is 0 Å². The van der Waals surface area contributed by atoms with E-state index in [1.165, 1.54) is 12.8 Å². The predicted molar refractivity (Wildman–Crippen MR) is 62.5 cm³/mol. The normalized spacial score (nSPS) is 19.9. The molecule has 0 aromatic rings. The van der Waals surface area contributed by atoms with E-state index in [1.54, 1.807) is 0 Å². The average molecular weight is 196 g/mol. The van der Waals surface area contributed by atoms with Gasteiger partial charge in [-0.25, -0.2) is 0 Å². The molecule has 0 atom stereocenters. The Kier molecular flexibility index (Phi) is 2.93. The second kappa shape index (κ2) is 3.56. The summed E-state index contributed by atoms with van der Waals surface area (Å²) < 4.78 is 0. The summed E-state index contributed by atoms with van der Waals surface area (Å²) >= 11 is 0. The Morgan fingerprint density at radius 3 is 2.07 bits per heavy atom. The molecule has 0 bridgehead atoms. The second-order valence-corrected chi connectivity index (χ2v) is 6.36. The van der Waals surface area contributed by atoms with Crippen LogP contribution in [-0.4, -0.2) is 11.4 Å². The molecule has 1 fully saturated rings. The Balaban J connectivity index is 2.60. The molecular formula is C12H24N2. The first-order valence-corrected chi connectivity index (χ1v) is 5.55. The minimum atomic E-state index is -0.00900. The van der Waals surface area contributed by atoms with E-state index in [9.17, 15) is 0 Å². The van der Waals surface area contributed by atoms with Gasteiger partial charge >= 0.3 is 0 Å². The molecule has 1 aliphatic rings. The van der Waals surface area contributed by atoms with Gasteiger partial charge in [-0.3, -0.25) is 4.99 Å². The van der Waals surface area contributed by atoms with Crippen molar-refractivity contribution in [2.45, 2.75) is 59.4 Å². The topological polar surface area (TPSA) is 38.4 Å². The number of amidine groups is 1. The monoisotopic (exact) mass is 196 g/mol. The van der Waals surface area contributed by atoms with E-state index in [2.05, 4.69) is 39.6 Å². The van der Waals surface area contributed by atoms with Gasteiger partial charge in [0.15, 0.2) is 0 Å². The lowest BCUT2D eigenvalue weighted by molar-refractivity contribution is 0.288. The van der Waals surface area contributed by atoms with Crippen LogP contribution in [-0.2, 0) is 0 Å². The van der Waals surface area contributed by atoms with Gasteiger partial charge in [0, 0.05) is 5.92 Å². The lowest BCUT2D eigenvalue weighted by Crippen LogP contribution is -2.29. The molecular weight excluding hydrogens is 172 g/mol. The zero-order chi connectivity index (χ0) is 11.0. The van der Waals surface area contributed by atoms with E-state index < -0.39 is 0 Å². The van der Waals surface area contributed by atoms with Gasteiger partial charge in [0.2, 0.25) is 0 Å². The summed E-state index contributed by atoms with van der Waals surface area (Å²) in [5.41, 5.74) is 6.24. The van der Waals surface area contributed by atoms with Crippen LogP contribution in [0.2, 0.25) is 0 Å². The highest BCUT2D eigenvalue weighted by Gasteiger charge is 2.30. The summed E-state index contributed by atoms with van der Waals surface area (Å²) in [5, 5.41) is 0. The first kappa shape index (κ1) is 11.5. The fourth-order valence-corrected chi connectivity index (χ4v) is 2.16. The second-order valence-electron chi connectivity index (χ2n) is 6.36. The van der Waals surface area contributed by atoms with Gasteiger partial charge in [0.05, 0.1) is 11.4 Å². The number of rotatable bonds is 3. The van der Waals surface area contributed by atoms with Crippen molar-refractivity contribution in [2.24, 2.45) is 22.1 Å². The Hall–Kier alpha value is -0.530. The minimum Gasteiger partial charge on any atom is -0.387 e. The third kappa shape index (κ3) is 4.12. The van der Waals surface area contributed by atoms with E-state index in [1.807, 2.05) is 0 Å². The highest BCUT2D eigenvalue weighted by molar-refractivity contribution is 5.85. The summed E-state index contributed by atoms with van der Waals surface area (Å²) in [7, 11) is 0. The maximum atomic E-state index is 5.93. The fraction of sp³-hybridized carbons (Fsp3) is 0.917. The van der Waals surface area contributed by atoms with Crippen LogP contribution in [0.15, 0.2) is 4.99 Å². The Labute approximate surface area is 88.0 Å². The van der Waals surface area contributed by atoms with Gasteiger partial charge in [-0.15, -0.1) is 0 Å². The first-order valence-electron chi connectivity index (χ1n) is 5.55. The standard InChI is InChI=1S/C12H24N2/c1-11(2,3)8-12(4,5)14-10(13)9-6-7-9/h9H,6-8H2,1-5H3,(H2,13,14). The van der Waals surface area contributed by atoms with E-state index >= 15 is 0 Å². The van der Waals surface area contributed by atoms with Crippen molar-refractivity contribution < 1.29 is 0 Å². The molecule has 0 amide bonds. The van der Waals surface area contributed by atoms with Crippen LogP contribution in [0.1, 0.15) is 53.9 Å². The van der Waals surface area contributed by atoms with Gasteiger partial charge in [-0.1, -0.05) is 20.8 Å². The number of nitrogens with zero attached hydrogens (tertiary/aromatic N) is 1. The molecule has 14 heavy (non-hydrogen) atoms. The minimum absolute atomic E-state index is 0.00900. The van der Waals surface area contributed by atoms with Crippen LogP contribution in [0.5, 0.6) is 0 Å². The zero-order valence-electron chi connectivity index (χ0n) is 10.2. The third-order valence-electron chi connectivity index (χ3n) is 2.39. The van der Waals surface area contributed by atoms with Crippen LogP contribution in [0.3, 0.4) is 0 Å². The quantitative estimate of drug-likeness (QED) is 0.547. The molecule has 1 aliphatic carbocycles. The third-order valence-corrected chi connectivity index (χ3v) is 2.39. The molecule has 82 valence electrons. The van der Waals surface area contributed by atoms with Gasteiger partial charge in [0.25, 0.3) is 0 Å². The van der Waals surface area contributed by atoms with Crippen molar-refractivity contribution in [1.29, 1.82) is 0 Å². The van der Waals surface area contributed by atoms with E-state index in [0.717, 1.165) is 12.3 Å². The maximum Gasteiger partial charge on any atom is 0.0975 e. The van der Waals surface area contributed by atoms with Gasteiger partial charge in [0.1, 0.15) is 0 Å². The highest BCUT2D eigenvalue weighted by atomic mass is 14.9. The van der Waals surface area contributed by atoms with Gasteiger partial charge < -0.3 is 5.73 Å². The fourth-order valence-electron chi connectivity index (χ4n) is 2.16. The Morgan fingerprint density at radius 1 is 1.21 bits per heavy atom. The number of hydrogen-bond donors (Lipinski definition) is 1. The molecule has 0 aromatic heterocycles. The summed E-state index contributed by atoms with van der Waals surface area (Å²) in [6.07, 6.45) is 3.55. The number of nitrogens with two attached hydrogens (primary N) is 1. The molecule has 2 nitrogen and oxygen atoms in total. The molecule has 0 heterocycles.